The lowest BCUT2D eigenvalue weighted by molar-refractivity contribution is -0.136. The molecule has 0 saturated carbocycles. The predicted molar refractivity (Wildman–Crippen MR) is 85.4 cm³/mol. The minimum absolute atomic E-state index is 0.0180. The van der Waals surface area contributed by atoms with E-state index < -0.39 is 11.7 Å². The van der Waals surface area contributed by atoms with E-state index in [1.807, 2.05) is 30.3 Å². The Bertz CT molecular complexity index is 612. The second kappa shape index (κ2) is 6.95. The van der Waals surface area contributed by atoms with E-state index in [1.165, 1.54) is 23.9 Å². The van der Waals surface area contributed by atoms with E-state index in [0.29, 0.717) is 10.1 Å². The molecule has 0 radical (unpaired) electrons. The van der Waals surface area contributed by atoms with Crippen LogP contribution in [0.15, 0.2) is 54.6 Å². The Kier molecular flexibility index (Phi) is 5.25. The first kappa shape index (κ1) is 15.9. The number of para-hydroxylation sites is 1. The van der Waals surface area contributed by atoms with Crippen molar-refractivity contribution in [1.29, 1.82) is 0 Å². The van der Waals surface area contributed by atoms with Crippen LogP contribution in [0.1, 0.15) is 11.1 Å². The van der Waals surface area contributed by atoms with Crippen LogP contribution in [0, 0.1) is 0 Å². The van der Waals surface area contributed by atoms with Gasteiger partial charge in [-0.3, -0.25) is 0 Å². The van der Waals surface area contributed by atoms with Gasteiger partial charge in [0.15, 0.2) is 0 Å². The predicted octanol–water partition coefficient (Wildman–Crippen LogP) is 5.34. The fourth-order valence-electron chi connectivity index (χ4n) is 1.71. The SMILES string of the molecule is FC(F)(F)c1ccccc1NC(=S)SCc1ccccc1. The number of nitrogens with one attached hydrogen (secondary N) is 1. The molecule has 0 heterocycles. The van der Waals surface area contributed by atoms with Crippen LogP contribution in [0.4, 0.5) is 18.9 Å². The first-order chi connectivity index (χ1) is 9.97. The van der Waals surface area contributed by atoms with Crippen LogP contribution in [0.2, 0.25) is 0 Å². The minimum atomic E-state index is -4.40. The highest BCUT2D eigenvalue weighted by molar-refractivity contribution is 8.22. The summed E-state index contributed by atoms with van der Waals surface area (Å²) in [6.45, 7) is 0. The maximum atomic E-state index is 12.9. The van der Waals surface area contributed by atoms with Crippen molar-refractivity contribution in [3.63, 3.8) is 0 Å². The highest BCUT2D eigenvalue weighted by atomic mass is 32.2. The molecule has 0 aliphatic carbocycles. The first-order valence-corrected chi connectivity index (χ1v) is 7.50. The van der Waals surface area contributed by atoms with Gasteiger partial charge in [0, 0.05) is 5.75 Å². The van der Waals surface area contributed by atoms with Gasteiger partial charge in [0.2, 0.25) is 0 Å². The Morgan fingerprint density at radius 1 is 1.00 bits per heavy atom. The summed E-state index contributed by atoms with van der Waals surface area (Å²) < 4.78 is 38.9. The number of thiocarbonyl (C=S) groups is 1. The summed E-state index contributed by atoms with van der Waals surface area (Å²) in [6, 6.07) is 14.9. The molecule has 0 aliphatic rings. The lowest BCUT2D eigenvalue weighted by atomic mass is 10.2. The summed E-state index contributed by atoms with van der Waals surface area (Å²) in [7, 11) is 0. The zero-order valence-electron chi connectivity index (χ0n) is 10.9. The molecule has 6 heteroatoms. The van der Waals surface area contributed by atoms with Crippen LogP contribution < -0.4 is 5.32 Å². The van der Waals surface area contributed by atoms with Crippen LogP contribution in [-0.4, -0.2) is 4.32 Å². The Labute approximate surface area is 130 Å². The number of benzene rings is 2. The molecule has 0 aromatic heterocycles. The number of rotatable bonds is 3. The van der Waals surface area contributed by atoms with Crippen molar-refractivity contribution < 1.29 is 13.2 Å². The fourth-order valence-corrected chi connectivity index (χ4v) is 2.67. The van der Waals surface area contributed by atoms with Gasteiger partial charge in [-0.25, -0.2) is 0 Å². The smallest absolute Gasteiger partial charge is 0.341 e. The third-order valence-corrected chi connectivity index (χ3v) is 3.98. The second-order valence-corrected chi connectivity index (χ2v) is 5.88. The highest BCUT2D eigenvalue weighted by Gasteiger charge is 2.33. The van der Waals surface area contributed by atoms with Crippen molar-refractivity contribution >= 4 is 34.0 Å². The molecule has 2 rings (SSSR count). The number of anilines is 1. The molecule has 0 saturated heterocycles. The lowest BCUT2D eigenvalue weighted by Crippen LogP contribution is -2.13. The topological polar surface area (TPSA) is 12.0 Å². The van der Waals surface area contributed by atoms with Gasteiger partial charge in [-0.05, 0) is 17.7 Å². The maximum Gasteiger partial charge on any atom is 0.418 e. The molecule has 0 amide bonds. The van der Waals surface area contributed by atoms with Crippen molar-refractivity contribution in [2.75, 3.05) is 5.32 Å². The van der Waals surface area contributed by atoms with Gasteiger partial charge in [0.1, 0.15) is 4.32 Å². The Balaban J connectivity index is 2.00. The molecule has 0 fully saturated rings. The maximum absolute atomic E-state index is 12.9. The normalized spacial score (nSPS) is 11.2. The monoisotopic (exact) mass is 327 g/mol. The van der Waals surface area contributed by atoms with Crippen LogP contribution in [-0.2, 0) is 11.9 Å². The third-order valence-electron chi connectivity index (χ3n) is 2.68. The van der Waals surface area contributed by atoms with E-state index >= 15 is 0 Å². The van der Waals surface area contributed by atoms with E-state index in [4.69, 9.17) is 12.2 Å². The second-order valence-electron chi connectivity index (χ2n) is 4.23. The molecule has 1 N–H and O–H groups in total. The molecule has 0 spiro atoms. The number of halogens is 3. The average Bonchev–Trinajstić information content (AvgIpc) is 2.46. The van der Waals surface area contributed by atoms with E-state index in [2.05, 4.69) is 5.32 Å². The van der Waals surface area contributed by atoms with Gasteiger partial charge >= 0.3 is 6.18 Å². The van der Waals surface area contributed by atoms with Crippen LogP contribution in [0.25, 0.3) is 0 Å². The summed E-state index contributed by atoms with van der Waals surface area (Å²) in [5.74, 6) is 0.612. The van der Waals surface area contributed by atoms with Crippen molar-refractivity contribution in [2.24, 2.45) is 0 Å². The van der Waals surface area contributed by atoms with Crippen molar-refractivity contribution in [1.82, 2.24) is 0 Å². The Hall–Kier alpha value is -1.53. The van der Waals surface area contributed by atoms with Crippen molar-refractivity contribution in [3.05, 3.63) is 65.7 Å². The standard InChI is InChI=1S/C15H12F3NS2/c16-15(17,18)12-8-4-5-9-13(12)19-14(20)21-10-11-6-2-1-3-7-11/h1-9H,10H2,(H,19,20). The summed E-state index contributed by atoms with van der Waals surface area (Å²) in [5, 5.41) is 2.66. The number of thioether (sulfide) groups is 1. The molecular formula is C15H12F3NS2. The molecule has 1 nitrogen and oxygen atoms in total. The largest absolute Gasteiger partial charge is 0.418 e. The van der Waals surface area contributed by atoms with Gasteiger partial charge in [-0.1, -0.05) is 66.4 Å². The molecule has 0 unspecified atom stereocenters. The summed E-state index contributed by atoms with van der Waals surface area (Å²) in [5.41, 5.74) is 0.332. The van der Waals surface area contributed by atoms with E-state index in [-0.39, 0.29) is 5.69 Å². The summed E-state index contributed by atoms with van der Waals surface area (Å²) >= 11 is 6.40. The molecule has 2 aromatic rings. The third kappa shape index (κ3) is 4.75. The fraction of sp³-hybridized carbons (Fsp3) is 0.133. The highest BCUT2D eigenvalue weighted by Crippen LogP contribution is 2.35. The summed E-state index contributed by atoms with van der Waals surface area (Å²) in [6.07, 6.45) is -4.40. The van der Waals surface area contributed by atoms with E-state index in [1.54, 1.807) is 6.07 Å². The number of alkyl halides is 3. The van der Waals surface area contributed by atoms with Crippen molar-refractivity contribution in [3.8, 4) is 0 Å². The molecule has 110 valence electrons. The number of hydrogen-bond donors (Lipinski definition) is 1. The zero-order chi connectivity index (χ0) is 15.3. The molecule has 2 aromatic carbocycles. The molecule has 21 heavy (non-hydrogen) atoms. The van der Waals surface area contributed by atoms with Crippen molar-refractivity contribution in [2.45, 2.75) is 11.9 Å². The van der Waals surface area contributed by atoms with E-state index in [9.17, 15) is 13.2 Å². The lowest BCUT2D eigenvalue weighted by Gasteiger charge is -2.14. The number of hydrogen-bond acceptors (Lipinski definition) is 2. The quantitative estimate of drug-likeness (QED) is 0.765. The van der Waals surface area contributed by atoms with Crippen LogP contribution >= 0.6 is 24.0 Å². The Morgan fingerprint density at radius 2 is 1.62 bits per heavy atom. The average molecular weight is 327 g/mol. The Morgan fingerprint density at radius 3 is 2.29 bits per heavy atom. The van der Waals surface area contributed by atoms with Gasteiger partial charge in [-0.15, -0.1) is 0 Å². The van der Waals surface area contributed by atoms with Crippen LogP contribution in [0.5, 0.6) is 0 Å². The van der Waals surface area contributed by atoms with Gasteiger partial charge in [-0.2, -0.15) is 13.2 Å². The molecule has 0 atom stereocenters. The summed E-state index contributed by atoms with van der Waals surface area (Å²) in [4.78, 5) is 0. The first-order valence-electron chi connectivity index (χ1n) is 6.11. The molecule has 0 aliphatic heterocycles. The molecule has 0 bridgehead atoms. The van der Waals surface area contributed by atoms with E-state index in [0.717, 1.165) is 11.6 Å². The minimum Gasteiger partial charge on any atom is -0.341 e. The molecular weight excluding hydrogens is 315 g/mol. The van der Waals surface area contributed by atoms with Gasteiger partial charge < -0.3 is 5.32 Å². The van der Waals surface area contributed by atoms with Gasteiger partial charge in [0.05, 0.1) is 11.3 Å². The zero-order valence-corrected chi connectivity index (χ0v) is 12.5. The van der Waals surface area contributed by atoms with Crippen LogP contribution in [0.3, 0.4) is 0 Å². The van der Waals surface area contributed by atoms with Gasteiger partial charge in [0.25, 0.3) is 0 Å².